The lowest BCUT2D eigenvalue weighted by Crippen LogP contribution is -2.45. The maximum absolute atomic E-state index is 13.3. The number of imidazole rings is 1. The standard InChI is InChI=1S/C26H28N6O3/c1-30-24-19(11-16(13-21(24)35-2)26(34)31-9-4-6-17(27)14-31)29-25(30)20-12-15-5-3-7-18-23(15)32(20)10-8-22(33)28-18/h3,5,7,11-13,17H,4,6,8-10,14,27H2,1-2H3,(H,28,33)/t17-/m1/s1. The summed E-state index contributed by atoms with van der Waals surface area (Å²) in [5.74, 6) is 1.29. The number of anilines is 1. The van der Waals surface area contributed by atoms with Gasteiger partial charge >= 0.3 is 0 Å². The van der Waals surface area contributed by atoms with Gasteiger partial charge in [-0.2, -0.15) is 0 Å². The van der Waals surface area contributed by atoms with E-state index in [1.165, 1.54) is 0 Å². The Morgan fingerprint density at radius 3 is 2.86 bits per heavy atom. The summed E-state index contributed by atoms with van der Waals surface area (Å²) in [7, 11) is 3.56. The van der Waals surface area contributed by atoms with Crippen LogP contribution in [0.2, 0.25) is 0 Å². The van der Waals surface area contributed by atoms with Gasteiger partial charge in [0.2, 0.25) is 5.91 Å². The highest BCUT2D eigenvalue weighted by Crippen LogP contribution is 2.37. The second-order valence-electron chi connectivity index (χ2n) is 9.42. The van der Waals surface area contributed by atoms with E-state index in [9.17, 15) is 9.59 Å². The van der Waals surface area contributed by atoms with E-state index in [0.717, 1.165) is 46.5 Å². The summed E-state index contributed by atoms with van der Waals surface area (Å²) in [5.41, 5.74) is 10.9. The Morgan fingerprint density at radius 1 is 1.20 bits per heavy atom. The molecule has 0 radical (unpaired) electrons. The normalized spacial score (nSPS) is 18.1. The summed E-state index contributed by atoms with van der Waals surface area (Å²) in [5, 5.41) is 4.05. The third-order valence-corrected chi connectivity index (χ3v) is 7.13. The molecule has 0 saturated carbocycles. The van der Waals surface area contributed by atoms with Crippen molar-refractivity contribution < 1.29 is 14.3 Å². The number of nitrogens with one attached hydrogen (secondary N) is 1. The summed E-state index contributed by atoms with van der Waals surface area (Å²) in [6.45, 7) is 1.82. The molecule has 180 valence electrons. The van der Waals surface area contributed by atoms with E-state index in [4.69, 9.17) is 15.5 Å². The fraction of sp³-hybridized carbons (Fsp3) is 0.346. The molecule has 6 rings (SSSR count). The fourth-order valence-electron chi connectivity index (χ4n) is 5.46. The van der Waals surface area contributed by atoms with E-state index < -0.39 is 0 Å². The van der Waals surface area contributed by atoms with Crippen LogP contribution < -0.4 is 15.8 Å². The molecule has 9 heteroatoms. The number of para-hydroxylation sites is 1. The molecule has 0 aliphatic carbocycles. The number of amides is 2. The van der Waals surface area contributed by atoms with Crippen LogP contribution >= 0.6 is 0 Å². The Morgan fingerprint density at radius 2 is 2.06 bits per heavy atom. The van der Waals surface area contributed by atoms with E-state index in [1.807, 2.05) is 40.8 Å². The highest BCUT2D eigenvalue weighted by Gasteiger charge is 2.26. The first-order valence-corrected chi connectivity index (χ1v) is 12.0. The van der Waals surface area contributed by atoms with Crippen LogP contribution in [0.1, 0.15) is 29.6 Å². The number of nitrogens with two attached hydrogens (primary N) is 1. The van der Waals surface area contributed by atoms with Gasteiger partial charge in [-0.3, -0.25) is 9.59 Å². The number of fused-ring (bicyclic) bond motifs is 1. The van der Waals surface area contributed by atoms with E-state index in [0.29, 0.717) is 42.9 Å². The van der Waals surface area contributed by atoms with Crippen molar-refractivity contribution >= 4 is 39.4 Å². The molecular weight excluding hydrogens is 444 g/mol. The van der Waals surface area contributed by atoms with Crippen molar-refractivity contribution in [3.05, 3.63) is 42.0 Å². The van der Waals surface area contributed by atoms with Gasteiger partial charge in [-0.1, -0.05) is 12.1 Å². The number of rotatable bonds is 3. The first kappa shape index (κ1) is 21.7. The summed E-state index contributed by atoms with van der Waals surface area (Å²) >= 11 is 0. The predicted octanol–water partition coefficient (Wildman–Crippen LogP) is 3.11. The van der Waals surface area contributed by atoms with Gasteiger partial charge in [-0.15, -0.1) is 0 Å². The molecule has 1 fully saturated rings. The van der Waals surface area contributed by atoms with Gasteiger partial charge in [0.05, 0.1) is 29.5 Å². The van der Waals surface area contributed by atoms with Crippen LogP contribution in [-0.4, -0.2) is 57.1 Å². The smallest absolute Gasteiger partial charge is 0.254 e. The molecule has 1 saturated heterocycles. The highest BCUT2D eigenvalue weighted by molar-refractivity contribution is 6.04. The van der Waals surface area contributed by atoms with E-state index in [1.54, 1.807) is 13.2 Å². The lowest BCUT2D eigenvalue weighted by Gasteiger charge is -2.30. The molecule has 9 nitrogen and oxygen atoms in total. The minimum absolute atomic E-state index is 0.000550. The van der Waals surface area contributed by atoms with Crippen molar-refractivity contribution in [1.82, 2.24) is 19.0 Å². The van der Waals surface area contributed by atoms with Crippen LogP contribution in [0.15, 0.2) is 36.4 Å². The van der Waals surface area contributed by atoms with Crippen LogP contribution in [0.4, 0.5) is 5.69 Å². The quantitative estimate of drug-likeness (QED) is 0.476. The fourth-order valence-corrected chi connectivity index (χ4v) is 5.46. The number of carbonyl (C=O) groups excluding carboxylic acids is 2. The van der Waals surface area contributed by atoms with Gasteiger partial charge in [-0.25, -0.2) is 4.98 Å². The summed E-state index contributed by atoms with van der Waals surface area (Å²) in [6.07, 6.45) is 2.23. The predicted molar refractivity (Wildman–Crippen MR) is 135 cm³/mol. The molecule has 0 unspecified atom stereocenters. The zero-order valence-electron chi connectivity index (χ0n) is 19.9. The molecule has 2 aromatic carbocycles. The van der Waals surface area contributed by atoms with Crippen LogP contribution in [0.3, 0.4) is 0 Å². The number of carbonyl (C=O) groups is 2. The number of aryl methyl sites for hydroxylation is 2. The van der Waals surface area contributed by atoms with E-state index in [2.05, 4.69) is 16.0 Å². The number of nitrogens with zero attached hydrogens (tertiary/aromatic N) is 4. The zero-order valence-corrected chi connectivity index (χ0v) is 19.9. The van der Waals surface area contributed by atoms with Crippen LogP contribution in [0.5, 0.6) is 5.75 Å². The highest BCUT2D eigenvalue weighted by atomic mass is 16.5. The van der Waals surface area contributed by atoms with Gasteiger partial charge in [-0.05, 0) is 37.1 Å². The first-order chi connectivity index (χ1) is 16.9. The number of hydrogen-bond donors (Lipinski definition) is 2. The zero-order chi connectivity index (χ0) is 24.3. The van der Waals surface area contributed by atoms with Gasteiger partial charge in [0.15, 0.2) is 5.82 Å². The molecule has 0 spiro atoms. The molecule has 2 aromatic heterocycles. The van der Waals surface area contributed by atoms with Crippen molar-refractivity contribution in [2.75, 3.05) is 25.5 Å². The average molecular weight is 473 g/mol. The SMILES string of the molecule is COc1cc(C(=O)N2CCC[C@@H](N)C2)cc2nc(-c3cc4cccc5c4n3CCC(=O)N5)n(C)c12. The van der Waals surface area contributed by atoms with Crippen LogP contribution in [0.25, 0.3) is 33.5 Å². The summed E-state index contributed by atoms with van der Waals surface area (Å²) < 4.78 is 9.87. The number of aromatic nitrogens is 3. The molecule has 4 heterocycles. The monoisotopic (exact) mass is 472 g/mol. The van der Waals surface area contributed by atoms with Gasteiger partial charge in [0.1, 0.15) is 11.3 Å². The molecule has 2 aliphatic rings. The molecular formula is C26H28N6O3. The van der Waals surface area contributed by atoms with Gasteiger partial charge < -0.3 is 29.8 Å². The molecule has 2 aliphatic heterocycles. The molecule has 4 aromatic rings. The van der Waals surface area contributed by atoms with E-state index >= 15 is 0 Å². The molecule has 2 amide bonds. The van der Waals surface area contributed by atoms with Crippen molar-refractivity contribution in [2.24, 2.45) is 12.8 Å². The Hall–Kier alpha value is -3.85. The van der Waals surface area contributed by atoms with E-state index in [-0.39, 0.29) is 17.9 Å². The number of methoxy groups -OCH3 is 1. The third kappa shape index (κ3) is 3.46. The number of piperidine rings is 1. The van der Waals surface area contributed by atoms with Gasteiger partial charge in [0, 0.05) is 50.1 Å². The van der Waals surface area contributed by atoms with Crippen molar-refractivity contribution in [1.29, 1.82) is 0 Å². The lowest BCUT2D eigenvalue weighted by atomic mass is 10.0. The number of ether oxygens (including phenoxy) is 1. The molecule has 3 N–H and O–H groups in total. The lowest BCUT2D eigenvalue weighted by molar-refractivity contribution is -0.116. The van der Waals surface area contributed by atoms with Gasteiger partial charge in [0.25, 0.3) is 5.91 Å². The molecule has 0 bridgehead atoms. The average Bonchev–Trinajstić information content (AvgIpc) is 3.33. The second kappa shape index (κ2) is 8.13. The second-order valence-corrected chi connectivity index (χ2v) is 9.42. The minimum atomic E-state index is -0.0539. The summed E-state index contributed by atoms with van der Waals surface area (Å²) in [6, 6.07) is 11.7. The maximum atomic E-state index is 13.3. The molecule has 1 atom stereocenters. The van der Waals surface area contributed by atoms with Crippen LogP contribution in [-0.2, 0) is 18.4 Å². The third-order valence-electron chi connectivity index (χ3n) is 7.13. The summed E-state index contributed by atoms with van der Waals surface area (Å²) in [4.78, 5) is 32.3. The Bertz CT molecular complexity index is 1500. The number of likely N-dealkylation sites (tertiary alicyclic amines) is 1. The van der Waals surface area contributed by atoms with Crippen molar-refractivity contribution in [3.8, 4) is 17.3 Å². The largest absolute Gasteiger partial charge is 0.494 e. The van der Waals surface area contributed by atoms with Crippen LogP contribution in [0, 0.1) is 0 Å². The Balaban J connectivity index is 1.50. The maximum Gasteiger partial charge on any atom is 0.254 e. The molecule has 35 heavy (non-hydrogen) atoms. The number of benzene rings is 2. The van der Waals surface area contributed by atoms with Crippen molar-refractivity contribution in [2.45, 2.75) is 31.8 Å². The number of hydrogen-bond acceptors (Lipinski definition) is 5. The Labute approximate surface area is 202 Å². The Kier molecular flexibility index (Phi) is 5.03. The first-order valence-electron chi connectivity index (χ1n) is 12.0. The topological polar surface area (TPSA) is 107 Å². The minimum Gasteiger partial charge on any atom is -0.494 e. The van der Waals surface area contributed by atoms with Crippen molar-refractivity contribution in [3.63, 3.8) is 0 Å².